The number of carbonyl (C=O) groups excluding carboxylic acids is 2. The molecule has 0 atom stereocenters. The minimum atomic E-state index is -0.462. The minimum Gasteiger partial charge on any atom is -0.376 e. The largest absolute Gasteiger partial charge is 0.376 e. The Hall–Kier alpha value is -2.66. The number of amides is 2. The molecule has 0 fully saturated rings. The molecule has 0 aliphatic carbocycles. The van der Waals surface area contributed by atoms with E-state index < -0.39 is 5.91 Å². The van der Waals surface area contributed by atoms with Crippen molar-refractivity contribution in [2.24, 2.45) is 5.73 Å². The SMILES string of the molecule is NC(=O)c1ccc(CNC(=O)CCOCc2ccccc2)cc1. The van der Waals surface area contributed by atoms with Gasteiger partial charge in [-0.3, -0.25) is 9.59 Å². The van der Waals surface area contributed by atoms with Crippen LogP contribution in [0.3, 0.4) is 0 Å². The van der Waals surface area contributed by atoms with Crippen LogP contribution in [-0.2, 0) is 22.7 Å². The molecule has 23 heavy (non-hydrogen) atoms. The van der Waals surface area contributed by atoms with Crippen molar-refractivity contribution < 1.29 is 14.3 Å². The van der Waals surface area contributed by atoms with Gasteiger partial charge >= 0.3 is 0 Å². The normalized spacial score (nSPS) is 10.3. The van der Waals surface area contributed by atoms with Crippen molar-refractivity contribution in [1.82, 2.24) is 5.32 Å². The molecule has 0 radical (unpaired) electrons. The predicted octanol–water partition coefficient (Wildman–Crippen LogP) is 2.01. The summed E-state index contributed by atoms with van der Waals surface area (Å²) in [6.45, 7) is 1.29. The van der Waals surface area contributed by atoms with Gasteiger partial charge in [-0.15, -0.1) is 0 Å². The molecule has 0 aliphatic rings. The molecule has 5 nitrogen and oxygen atoms in total. The van der Waals surface area contributed by atoms with Gasteiger partial charge in [-0.1, -0.05) is 42.5 Å². The van der Waals surface area contributed by atoms with Crippen molar-refractivity contribution in [3.05, 3.63) is 71.3 Å². The number of nitrogens with one attached hydrogen (secondary N) is 1. The van der Waals surface area contributed by atoms with E-state index in [1.165, 1.54) is 0 Å². The molecule has 3 N–H and O–H groups in total. The highest BCUT2D eigenvalue weighted by Gasteiger charge is 2.03. The number of hydrogen-bond donors (Lipinski definition) is 2. The molecule has 0 saturated carbocycles. The van der Waals surface area contributed by atoms with E-state index in [-0.39, 0.29) is 5.91 Å². The van der Waals surface area contributed by atoms with Gasteiger partial charge in [-0.05, 0) is 23.3 Å². The maximum absolute atomic E-state index is 11.7. The maximum Gasteiger partial charge on any atom is 0.248 e. The van der Waals surface area contributed by atoms with Crippen LogP contribution in [0.1, 0.15) is 27.9 Å². The Kier molecular flexibility index (Phi) is 6.32. The number of hydrogen-bond acceptors (Lipinski definition) is 3. The molecule has 0 unspecified atom stereocenters. The standard InChI is InChI=1S/C18H20N2O3/c19-18(22)16-8-6-14(7-9-16)12-20-17(21)10-11-23-13-15-4-2-1-3-5-15/h1-9H,10-13H2,(H2,19,22)(H,20,21). The monoisotopic (exact) mass is 312 g/mol. The molecule has 2 amide bonds. The summed E-state index contributed by atoms with van der Waals surface area (Å²) in [5.74, 6) is -0.534. The van der Waals surface area contributed by atoms with Crippen LogP contribution in [0, 0.1) is 0 Å². The second-order valence-electron chi connectivity index (χ2n) is 5.13. The smallest absolute Gasteiger partial charge is 0.248 e. The molecule has 5 heteroatoms. The van der Waals surface area contributed by atoms with E-state index in [1.807, 2.05) is 30.3 Å². The van der Waals surface area contributed by atoms with E-state index in [0.29, 0.717) is 31.7 Å². The Morgan fingerprint density at radius 1 is 0.957 bits per heavy atom. The summed E-state index contributed by atoms with van der Waals surface area (Å²) >= 11 is 0. The average Bonchev–Trinajstić information content (AvgIpc) is 2.58. The van der Waals surface area contributed by atoms with Crippen LogP contribution >= 0.6 is 0 Å². The minimum absolute atomic E-state index is 0.0722. The van der Waals surface area contributed by atoms with Gasteiger partial charge < -0.3 is 15.8 Å². The summed E-state index contributed by atoms with van der Waals surface area (Å²) in [5, 5.41) is 2.81. The summed E-state index contributed by atoms with van der Waals surface area (Å²) in [6.07, 6.45) is 0.312. The summed E-state index contributed by atoms with van der Waals surface area (Å²) in [4.78, 5) is 22.7. The summed E-state index contributed by atoms with van der Waals surface area (Å²) in [6, 6.07) is 16.7. The number of carbonyl (C=O) groups is 2. The molecular weight excluding hydrogens is 292 g/mol. The summed E-state index contributed by atoms with van der Waals surface area (Å²) in [5.41, 5.74) is 7.62. The molecule has 0 spiro atoms. The van der Waals surface area contributed by atoms with Crippen molar-refractivity contribution in [3.8, 4) is 0 Å². The first-order valence-corrected chi connectivity index (χ1v) is 7.42. The third-order valence-electron chi connectivity index (χ3n) is 3.31. The average molecular weight is 312 g/mol. The highest BCUT2D eigenvalue weighted by atomic mass is 16.5. The van der Waals surface area contributed by atoms with Gasteiger partial charge in [0.05, 0.1) is 13.2 Å². The first-order chi connectivity index (χ1) is 11.1. The van der Waals surface area contributed by atoms with Crippen LogP contribution < -0.4 is 11.1 Å². The van der Waals surface area contributed by atoms with E-state index in [0.717, 1.165) is 11.1 Å². The van der Waals surface area contributed by atoms with Gasteiger partial charge in [-0.25, -0.2) is 0 Å². The topological polar surface area (TPSA) is 81.4 Å². The zero-order valence-corrected chi connectivity index (χ0v) is 12.8. The third-order valence-corrected chi connectivity index (χ3v) is 3.31. The van der Waals surface area contributed by atoms with Crippen LogP contribution in [-0.4, -0.2) is 18.4 Å². The van der Waals surface area contributed by atoms with Gasteiger partial charge in [0.15, 0.2) is 0 Å². The Morgan fingerprint density at radius 3 is 2.30 bits per heavy atom. The van der Waals surface area contributed by atoms with Gasteiger partial charge in [0, 0.05) is 18.5 Å². The first kappa shape index (κ1) is 16.7. The van der Waals surface area contributed by atoms with Gasteiger partial charge in [-0.2, -0.15) is 0 Å². The lowest BCUT2D eigenvalue weighted by atomic mass is 10.1. The van der Waals surface area contributed by atoms with E-state index in [2.05, 4.69) is 5.32 Å². The molecule has 0 aromatic heterocycles. The first-order valence-electron chi connectivity index (χ1n) is 7.42. The number of benzene rings is 2. The third kappa shape index (κ3) is 5.92. The Bertz CT molecular complexity index is 639. The Morgan fingerprint density at radius 2 is 1.65 bits per heavy atom. The summed E-state index contributed by atoms with van der Waals surface area (Å²) in [7, 11) is 0. The number of nitrogens with two attached hydrogens (primary N) is 1. The molecule has 0 saturated heterocycles. The van der Waals surface area contributed by atoms with E-state index in [9.17, 15) is 9.59 Å². The van der Waals surface area contributed by atoms with Gasteiger partial charge in [0.25, 0.3) is 0 Å². The van der Waals surface area contributed by atoms with Crippen molar-refractivity contribution >= 4 is 11.8 Å². The maximum atomic E-state index is 11.7. The van der Waals surface area contributed by atoms with E-state index in [1.54, 1.807) is 24.3 Å². The molecule has 2 aromatic rings. The van der Waals surface area contributed by atoms with Crippen LogP contribution in [0.15, 0.2) is 54.6 Å². The second kappa shape index (κ2) is 8.70. The van der Waals surface area contributed by atoms with Crippen molar-refractivity contribution in [2.45, 2.75) is 19.6 Å². The van der Waals surface area contributed by atoms with E-state index in [4.69, 9.17) is 10.5 Å². The molecule has 0 heterocycles. The van der Waals surface area contributed by atoms with Crippen LogP contribution in [0.2, 0.25) is 0 Å². The fourth-order valence-corrected chi connectivity index (χ4v) is 2.01. The Labute approximate surface area is 135 Å². The number of rotatable bonds is 8. The van der Waals surface area contributed by atoms with Crippen molar-refractivity contribution in [1.29, 1.82) is 0 Å². The fraction of sp³-hybridized carbons (Fsp3) is 0.222. The zero-order chi connectivity index (χ0) is 16.5. The van der Waals surface area contributed by atoms with Crippen molar-refractivity contribution in [3.63, 3.8) is 0 Å². The lowest BCUT2D eigenvalue weighted by Crippen LogP contribution is -2.24. The van der Waals surface area contributed by atoms with Gasteiger partial charge in [0.2, 0.25) is 11.8 Å². The van der Waals surface area contributed by atoms with Gasteiger partial charge in [0.1, 0.15) is 0 Å². The molecular formula is C18H20N2O3. The number of primary amides is 1. The highest BCUT2D eigenvalue weighted by molar-refractivity contribution is 5.92. The molecule has 0 bridgehead atoms. The molecule has 2 aromatic carbocycles. The fourth-order valence-electron chi connectivity index (χ4n) is 2.01. The van der Waals surface area contributed by atoms with E-state index >= 15 is 0 Å². The molecule has 0 aliphatic heterocycles. The molecule has 120 valence electrons. The quantitative estimate of drug-likeness (QED) is 0.732. The van der Waals surface area contributed by atoms with Crippen LogP contribution in [0.5, 0.6) is 0 Å². The summed E-state index contributed by atoms with van der Waals surface area (Å²) < 4.78 is 5.47. The number of ether oxygens (including phenoxy) is 1. The highest BCUT2D eigenvalue weighted by Crippen LogP contribution is 2.04. The molecule has 2 rings (SSSR count). The predicted molar refractivity (Wildman–Crippen MR) is 87.5 cm³/mol. The van der Waals surface area contributed by atoms with Crippen LogP contribution in [0.25, 0.3) is 0 Å². The zero-order valence-electron chi connectivity index (χ0n) is 12.8. The van der Waals surface area contributed by atoms with Crippen LogP contribution in [0.4, 0.5) is 0 Å². The Balaban J connectivity index is 1.64. The van der Waals surface area contributed by atoms with Crippen molar-refractivity contribution in [2.75, 3.05) is 6.61 Å². The second-order valence-corrected chi connectivity index (χ2v) is 5.13. The lowest BCUT2D eigenvalue weighted by molar-refractivity contribution is -0.122. The lowest BCUT2D eigenvalue weighted by Gasteiger charge is -2.07.